The zero-order chi connectivity index (χ0) is 12.7. The van der Waals surface area contributed by atoms with Crippen LogP contribution in [0.1, 0.15) is 23.7 Å². The summed E-state index contributed by atoms with van der Waals surface area (Å²) in [6, 6.07) is 9.07. The maximum absolute atomic E-state index is 12.1. The number of nitrogens with zero attached hydrogens (tertiary/aromatic N) is 2. The molecular weight excluding hydrogens is 216 g/mol. The molecule has 0 N–H and O–H groups in total. The van der Waals surface area contributed by atoms with Gasteiger partial charge in [-0.05, 0) is 25.1 Å². The van der Waals surface area contributed by atoms with E-state index in [4.69, 9.17) is 10.00 Å². The molecule has 0 aliphatic heterocycles. The van der Waals surface area contributed by atoms with Gasteiger partial charge in [-0.1, -0.05) is 6.07 Å². The fourth-order valence-electron chi connectivity index (χ4n) is 1.53. The van der Waals surface area contributed by atoms with Crippen molar-refractivity contribution < 1.29 is 9.53 Å². The Morgan fingerprint density at radius 1 is 1.53 bits per heavy atom. The van der Waals surface area contributed by atoms with Crippen LogP contribution in [0, 0.1) is 11.3 Å². The molecule has 4 nitrogen and oxygen atoms in total. The van der Waals surface area contributed by atoms with Gasteiger partial charge in [0.2, 0.25) is 0 Å². The van der Waals surface area contributed by atoms with Gasteiger partial charge in [-0.15, -0.1) is 0 Å². The molecule has 0 bridgehead atoms. The molecule has 17 heavy (non-hydrogen) atoms. The predicted molar refractivity (Wildman–Crippen MR) is 64.8 cm³/mol. The van der Waals surface area contributed by atoms with Gasteiger partial charge in [0.1, 0.15) is 5.75 Å². The van der Waals surface area contributed by atoms with Crippen LogP contribution in [0.4, 0.5) is 0 Å². The Morgan fingerprint density at radius 3 is 2.88 bits per heavy atom. The van der Waals surface area contributed by atoms with Crippen molar-refractivity contribution in [2.24, 2.45) is 0 Å². The highest BCUT2D eigenvalue weighted by molar-refractivity contribution is 5.94. The molecule has 1 amide bonds. The highest BCUT2D eigenvalue weighted by atomic mass is 16.5. The number of ether oxygens (including phenoxy) is 1. The summed E-state index contributed by atoms with van der Waals surface area (Å²) in [7, 11) is 1.57. The molecule has 0 radical (unpaired) electrons. The normalized spacial score (nSPS) is 9.47. The van der Waals surface area contributed by atoms with Crippen molar-refractivity contribution in [3.63, 3.8) is 0 Å². The van der Waals surface area contributed by atoms with E-state index in [1.165, 1.54) is 0 Å². The number of methoxy groups -OCH3 is 1. The summed E-state index contributed by atoms with van der Waals surface area (Å²) in [4.78, 5) is 13.8. The Labute approximate surface area is 101 Å². The minimum Gasteiger partial charge on any atom is -0.497 e. The molecule has 0 unspecified atom stereocenters. The number of carbonyl (C=O) groups excluding carboxylic acids is 1. The molecule has 1 aromatic rings. The first-order valence-electron chi connectivity index (χ1n) is 5.53. The summed E-state index contributed by atoms with van der Waals surface area (Å²) in [5.74, 6) is 0.592. The smallest absolute Gasteiger partial charge is 0.254 e. The Bertz CT molecular complexity index is 424. The highest BCUT2D eigenvalue weighted by Crippen LogP contribution is 2.14. The number of amides is 1. The number of hydrogen-bond donors (Lipinski definition) is 0. The molecule has 0 atom stereocenters. The molecule has 0 saturated heterocycles. The highest BCUT2D eigenvalue weighted by Gasteiger charge is 2.13. The zero-order valence-corrected chi connectivity index (χ0v) is 10.1. The van der Waals surface area contributed by atoms with Crippen LogP contribution in [0.25, 0.3) is 0 Å². The predicted octanol–water partition coefficient (Wildman–Crippen LogP) is 2.07. The van der Waals surface area contributed by atoms with E-state index in [2.05, 4.69) is 0 Å². The summed E-state index contributed by atoms with van der Waals surface area (Å²) in [6.07, 6.45) is 0.351. The van der Waals surface area contributed by atoms with Gasteiger partial charge in [0.25, 0.3) is 5.91 Å². The van der Waals surface area contributed by atoms with Crippen LogP contribution in [-0.4, -0.2) is 31.0 Å². The van der Waals surface area contributed by atoms with Crippen LogP contribution < -0.4 is 4.74 Å². The number of nitriles is 1. The second kappa shape index (κ2) is 6.54. The van der Waals surface area contributed by atoms with Crippen molar-refractivity contribution in [2.45, 2.75) is 13.3 Å². The molecular formula is C13H16N2O2. The molecule has 4 heteroatoms. The zero-order valence-electron chi connectivity index (χ0n) is 10.1. The van der Waals surface area contributed by atoms with Gasteiger partial charge in [-0.2, -0.15) is 5.26 Å². The van der Waals surface area contributed by atoms with E-state index in [0.717, 1.165) is 0 Å². The summed E-state index contributed by atoms with van der Waals surface area (Å²) in [5.41, 5.74) is 0.587. The van der Waals surface area contributed by atoms with Crippen molar-refractivity contribution in [3.05, 3.63) is 29.8 Å². The largest absolute Gasteiger partial charge is 0.497 e. The third-order valence-electron chi connectivity index (χ3n) is 2.48. The van der Waals surface area contributed by atoms with Gasteiger partial charge in [0.05, 0.1) is 19.6 Å². The molecule has 0 aliphatic rings. The average Bonchev–Trinajstić information content (AvgIpc) is 2.39. The summed E-state index contributed by atoms with van der Waals surface area (Å²) >= 11 is 0. The first kappa shape index (κ1) is 13.0. The summed E-state index contributed by atoms with van der Waals surface area (Å²) < 4.78 is 5.08. The Balaban J connectivity index is 2.82. The SMILES string of the molecule is CCN(CCC#N)C(=O)c1cccc(OC)c1. The van der Waals surface area contributed by atoms with E-state index >= 15 is 0 Å². The summed E-state index contributed by atoms with van der Waals surface area (Å²) in [6.45, 7) is 2.95. The van der Waals surface area contributed by atoms with E-state index < -0.39 is 0 Å². The Hall–Kier alpha value is -2.02. The fraction of sp³-hybridized carbons (Fsp3) is 0.385. The number of rotatable bonds is 5. The van der Waals surface area contributed by atoms with Gasteiger partial charge in [-0.3, -0.25) is 4.79 Å². The minimum atomic E-state index is -0.0679. The number of carbonyl (C=O) groups is 1. The van der Waals surface area contributed by atoms with E-state index in [0.29, 0.717) is 30.8 Å². The monoisotopic (exact) mass is 232 g/mol. The standard InChI is InChI=1S/C13H16N2O2/c1-3-15(9-5-8-14)13(16)11-6-4-7-12(10-11)17-2/h4,6-7,10H,3,5,9H2,1-2H3. The van der Waals surface area contributed by atoms with E-state index in [1.54, 1.807) is 36.3 Å². The van der Waals surface area contributed by atoms with Crippen molar-refractivity contribution in [3.8, 4) is 11.8 Å². The van der Waals surface area contributed by atoms with E-state index in [9.17, 15) is 4.79 Å². The first-order valence-corrected chi connectivity index (χ1v) is 5.53. The molecule has 0 aromatic heterocycles. The molecule has 0 saturated carbocycles. The van der Waals surface area contributed by atoms with Crippen molar-refractivity contribution >= 4 is 5.91 Å². The minimum absolute atomic E-state index is 0.0679. The molecule has 0 heterocycles. The number of hydrogen-bond acceptors (Lipinski definition) is 3. The van der Waals surface area contributed by atoms with Crippen molar-refractivity contribution in [2.75, 3.05) is 20.2 Å². The van der Waals surface area contributed by atoms with Gasteiger partial charge in [0.15, 0.2) is 0 Å². The quantitative estimate of drug-likeness (QED) is 0.781. The van der Waals surface area contributed by atoms with Crippen LogP contribution in [0.2, 0.25) is 0 Å². The van der Waals surface area contributed by atoms with E-state index in [1.807, 2.05) is 13.0 Å². The van der Waals surface area contributed by atoms with Crippen LogP contribution in [0.5, 0.6) is 5.75 Å². The maximum atomic E-state index is 12.1. The maximum Gasteiger partial charge on any atom is 0.254 e. The van der Waals surface area contributed by atoms with Gasteiger partial charge in [0, 0.05) is 18.7 Å². The lowest BCUT2D eigenvalue weighted by molar-refractivity contribution is 0.0767. The van der Waals surface area contributed by atoms with Crippen LogP contribution in [0.3, 0.4) is 0 Å². The molecule has 1 rings (SSSR count). The van der Waals surface area contributed by atoms with Gasteiger partial charge < -0.3 is 9.64 Å². The molecule has 0 spiro atoms. The third-order valence-corrected chi connectivity index (χ3v) is 2.48. The van der Waals surface area contributed by atoms with Gasteiger partial charge in [-0.25, -0.2) is 0 Å². The van der Waals surface area contributed by atoms with E-state index in [-0.39, 0.29) is 5.91 Å². The van der Waals surface area contributed by atoms with Crippen LogP contribution >= 0.6 is 0 Å². The fourth-order valence-corrected chi connectivity index (χ4v) is 1.53. The molecule has 0 fully saturated rings. The average molecular weight is 232 g/mol. The van der Waals surface area contributed by atoms with Crippen LogP contribution in [-0.2, 0) is 0 Å². The molecule has 0 aliphatic carbocycles. The van der Waals surface area contributed by atoms with Crippen molar-refractivity contribution in [1.29, 1.82) is 5.26 Å². The molecule has 90 valence electrons. The number of benzene rings is 1. The second-order valence-corrected chi connectivity index (χ2v) is 3.52. The lowest BCUT2D eigenvalue weighted by atomic mass is 10.2. The first-order chi connectivity index (χ1) is 8.22. The van der Waals surface area contributed by atoms with Crippen molar-refractivity contribution in [1.82, 2.24) is 4.90 Å². The molecule has 1 aromatic carbocycles. The Morgan fingerprint density at radius 2 is 2.29 bits per heavy atom. The lowest BCUT2D eigenvalue weighted by Gasteiger charge is -2.19. The topological polar surface area (TPSA) is 53.3 Å². The second-order valence-electron chi connectivity index (χ2n) is 3.52. The summed E-state index contributed by atoms with van der Waals surface area (Å²) in [5, 5.41) is 8.54. The lowest BCUT2D eigenvalue weighted by Crippen LogP contribution is -2.31. The third kappa shape index (κ3) is 3.49. The van der Waals surface area contributed by atoms with Crippen LogP contribution in [0.15, 0.2) is 24.3 Å². The Kier molecular flexibility index (Phi) is 5.02. The van der Waals surface area contributed by atoms with Gasteiger partial charge >= 0.3 is 0 Å².